The molecule has 1 atom stereocenters. The molecule has 1 aliphatic carbocycles. The van der Waals surface area contributed by atoms with Gasteiger partial charge in [-0.2, -0.15) is 0 Å². The molecule has 2 aliphatic rings. The summed E-state index contributed by atoms with van der Waals surface area (Å²) >= 11 is 0. The average Bonchev–Trinajstić information content (AvgIpc) is 2.78. The Morgan fingerprint density at radius 2 is 2.00 bits per heavy atom. The van der Waals surface area contributed by atoms with Gasteiger partial charge in [0.15, 0.2) is 5.72 Å². The van der Waals surface area contributed by atoms with E-state index < -0.39 is 5.72 Å². The Bertz CT molecular complexity index is 657. The lowest BCUT2D eigenvalue weighted by atomic mass is 9.89. The Balaban J connectivity index is 1.92. The maximum atomic E-state index is 12.8. The summed E-state index contributed by atoms with van der Waals surface area (Å²) in [7, 11) is 0. The Hall–Kier alpha value is -1.87. The summed E-state index contributed by atoms with van der Waals surface area (Å²) in [5, 5.41) is 11.4. The van der Waals surface area contributed by atoms with Crippen LogP contribution in [0.25, 0.3) is 0 Å². The summed E-state index contributed by atoms with van der Waals surface area (Å²) < 4.78 is 0. The van der Waals surface area contributed by atoms with Gasteiger partial charge in [0.2, 0.25) is 0 Å². The summed E-state index contributed by atoms with van der Waals surface area (Å²) in [5.74, 6) is -0.0323. The molecule has 0 bridgehead atoms. The van der Waals surface area contributed by atoms with E-state index in [0.717, 1.165) is 36.8 Å². The Kier molecular flexibility index (Phi) is 4.40. The molecule has 0 saturated carbocycles. The number of nitrogens with zero attached hydrogens (tertiary/aromatic N) is 1. The zero-order valence-electron chi connectivity index (χ0n) is 14.0. The Morgan fingerprint density at radius 1 is 1.26 bits per heavy atom. The van der Waals surface area contributed by atoms with Gasteiger partial charge in [-0.25, -0.2) is 0 Å². The van der Waals surface area contributed by atoms with E-state index in [1.54, 1.807) is 4.90 Å². The van der Waals surface area contributed by atoms with Gasteiger partial charge >= 0.3 is 0 Å². The van der Waals surface area contributed by atoms with E-state index >= 15 is 0 Å². The molecule has 0 fully saturated rings. The SMILES string of the molecule is CCCCC1(O)C2=C(C=CCC2)C(=O)N1Cc1ccc(C)cc1. The monoisotopic (exact) mass is 311 g/mol. The van der Waals surface area contributed by atoms with Crippen LogP contribution in [0.15, 0.2) is 47.6 Å². The summed E-state index contributed by atoms with van der Waals surface area (Å²) in [4.78, 5) is 14.5. The fourth-order valence-electron chi connectivity index (χ4n) is 3.54. The molecular formula is C20H25NO2. The predicted molar refractivity (Wildman–Crippen MR) is 91.6 cm³/mol. The number of benzene rings is 1. The number of aryl methyl sites for hydroxylation is 1. The number of carbonyl (C=O) groups is 1. The van der Waals surface area contributed by atoms with Crippen molar-refractivity contribution in [3.05, 3.63) is 58.7 Å². The first-order valence-corrected chi connectivity index (χ1v) is 8.56. The van der Waals surface area contributed by atoms with Crippen molar-refractivity contribution in [3.8, 4) is 0 Å². The smallest absolute Gasteiger partial charge is 0.256 e. The quantitative estimate of drug-likeness (QED) is 0.897. The number of rotatable bonds is 5. The van der Waals surface area contributed by atoms with Crippen molar-refractivity contribution < 1.29 is 9.90 Å². The van der Waals surface area contributed by atoms with Gasteiger partial charge in [-0.1, -0.05) is 55.3 Å². The number of carbonyl (C=O) groups excluding carboxylic acids is 1. The first-order valence-electron chi connectivity index (χ1n) is 8.56. The minimum Gasteiger partial charge on any atom is -0.367 e. The van der Waals surface area contributed by atoms with Gasteiger partial charge < -0.3 is 10.0 Å². The Morgan fingerprint density at radius 3 is 2.70 bits per heavy atom. The van der Waals surface area contributed by atoms with Crippen molar-refractivity contribution in [2.75, 3.05) is 0 Å². The standard InChI is InChI=1S/C20H25NO2/c1-3-4-13-20(23)18-8-6-5-7-17(18)19(22)21(20)14-16-11-9-15(2)10-12-16/h5,7,9-12,23H,3-4,6,8,13-14H2,1-2H3. The van der Waals surface area contributed by atoms with Gasteiger partial charge in [-0.3, -0.25) is 4.79 Å². The second-order valence-electron chi connectivity index (χ2n) is 6.63. The van der Waals surface area contributed by atoms with Crippen LogP contribution in [0.5, 0.6) is 0 Å². The Labute approximate surface area is 138 Å². The maximum Gasteiger partial charge on any atom is 0.256 e. The van der Waals surface area contributed by atoms with Gasteiger partial charge in [-0.15, -0.1) is 0 Å². The second-order valence-corrected chi connectivity index (χ2v) is 6.63. The van der Waals surface area contributed by atoms with Crippen LogP contribution >= 0.6 is 0 Å². The van der Waals surface area contributed by atoms with Crippen LogP contribution in [0.4, 0.5) is 0 Å². The summed E-state index contributed by atoms with van der Waals surface area (Å²) in [6.07, 6.45) is 8.15. The lowest BCUT2D eigenvalue weighted by Gasteiger charge is -2.36. The number of allylic oxidation sites excluding steroid dienone is 1. The van der Waals surface area contributed by atoms with E-state index in [2.05, 4.69) is 6.92 Å². The lowest BCUT2D eigenvalue weighted by molar-refractivity contribution is -0.145. The van der Waals surface area contributed by atoms with Crippen LogP contribution in [-0.2, 0) is 11.3 Å². The van der Waals surface area contributed by atoms with Crippen molar-refractivity contribution in [3.63, 3.8) is 0 Å². The maximum absolute atomic E-state index is 12.8. The van der Waals surface area contributed by atoms with Gasteiger partial charge in [-0.05, 0) is 43.7 Å². The third kappa shape index (κ3) is 2.86. The molecule has 0 aromatic heterocycles. The van der Waals surface area contributed by atoms with E-state index in [1.165, 1.54) is 5.56 Å². The molecule has 3 heteroatoms. The highest BCUT2D eigenvalue weighted by Gasteiger charge is 2.48. The van der Waals surface area contributed by atoms with Crippen LogP contribution < -0.4 is 0 Å². The third-order valence-electron chi connectivity index (χ3n) is 4.92. The molecule has 1 N–H and O–H groups in total. The number of aliphatic hydroxyl groups is 1. The van der Waals surface area contributed by atoms with E-state index in [-0.39, 0.29) is 5.91 Å². The number of amides is 1. The fourth-order valence-corrected chi connectivity index (χ4v) is 3.54. The van der Waals surface area contributed by atoms with Crippen molar-refractivity contribution in [1.29, 1.82) is 0 Å². The highest BCUT2D eigenvalue weighted by Crippen LogP contribution is 2.43. The minimum atomic E-state index is -1.11. The molecule has 1 aromatic carbocycles. The van der Waals surface area contributed by atoms with Crippen LogP contribution in [0, 0.1) is 6.92 Å². The molecule has 0 spiro atoms. The minimum absolute atomic E-state index is 0.0323. The third-order valence-corrected chi connectivity index (χ3v) is 4.92. The zero-order valence-corrected chi connectivity index (χ0v) is 14.0. The fraction of sp³-hybridized carbons (Fsp3) is 0.450. The first-order chi connectivity index (χ1) is 11.1. The summed E-state index contributed by atoms with van der Waals surface area (Å²) in [6.45, 7) is 4.62. The number of unbranched alkanes of at least 4 members (excludes halogenated alkanes) is 1. The zero-order chi connectivity index (χ0) is 16.4. The van der Waals surface area contributed by atoms with Crippen LogP contribution in [0.1, 0.15) is 50.2 Å². The highest BCUT2D eigenvalue weighted by molar-refractivity contribution is 6.01. The lowest BCUT2D eigenvalue weighted by Crippen LogP contribution is -2.47. The average molecular weight is 311 g/mol. The molecule has 0 saturated heterocycles. The molecule has 23 heavy (non-hydrogen) atoms. The molecular weight excluding hydrogens is 286 g/mol. The molecule has 3 rings (SSSR count). The molecule has 3 nitrogen and oxygen atoms in total. The van der Waals surface area contributed by atoms with Crippen LogP contribution in [0.3, 0.4) is 0 Å². The second kappa shape index (κ2) is 6.32. The topological polar surface area (TPSA) is 40.5 Å². The molecule has 1 unspecified atom stereocenters. The van der Waals surface area contributed by atoms with E-state index in [4.69, 9.17) is 0 Å². The van der Waals surface area contributed by atoms with E-state index in [9.17, 15) is 9.90 Å². The van der Waals surface area contributed by atoms with E-state index in [1.807, 2.05) is 43.3 Å². The van der Waals surface area contributed by atoms with E-state index in [0.29, 0.717) is 18.5 Å². The normalized spacial score (nSPS) is 23.6. The van der Waals surface area contributed by atoms with Crippen LogP contribution in [-0.4, -0.2) is 21.6 Å². The molecule has 122 valence electrons. The number of hydrogen-bond acceptors (Lipinski definition) is 2. The molecule has 1 amide bonds. The van der Waals surface area contributed by atoms with Gasteiger partial charge in [0, 0.05) is 12.1 Å². The summed E-state index contributed by atoms with van der Waals surface area (Å²) in [6, 6.07) is 8.18. The molecule has 1 aliphatic heterocycles. The van der Waals surface area contributed by atoms with Crippen molar-refractivity contribution in [2.45, 2.75) is 58.2 Å². The largest absolute Gasteiger partial charge is 0.367 e. The number of hydrogen-bond donors (Lipinski definition) is 1. The van der Waals surface area contributed by atoms with Crippen molar-refractivity contribution in [2.24, 2.45) is 0 Å². The molecule has 0 radical (unpaired) electrons. The van der Waals surface area contributed by atoms with Crippen molar-refractivity contribution in [1.82, 2.24) is 4.90 Å². The predicted octanol–water partition coefficient (Wildman–Crippen LogP) is 3.86. The van der Waals surface area contributed by atoms with Gasteiger partial charge in [0.05, 0.1) is 0 Å². The molecule has 1 heterocycles. The first kappa shape index (κ1) is 16.0. The van der Waals surface area contributed by atoms with Crippen molar-refractivity contribution >= 4 is 5.91 Å². The van der Waals surface area contributed by atoms with Gasteiger partial charge in [0.25, 0.3) is 5.91 Å². The molecule has 1 aromatic rings. The van der Waals surface area contributed by atoms with Crippen LogP contribution in [0.2, 0.25) is 0 Å². The van der Waals surface area contributed by atoms with Gasteiger partial charge in [0.1, 0.15) is 0 Å². The highest BCUT2D eigenvalue weighted by atomic mass is 16.3. The summed E-state index contributed by atoms with van der Waals surface area (Å²) in [5.41, 5.74) is 2.77.